The summed E-state index contributed by atoms with van der Waals surface area (Å²) in [6.07, 6.45) is 4.12. The largest absolute Gasteiger partial charge is 0.459 e. The van der Waals surface area contributed by atoms with Crippen LogP contribution in [0.2, 0.25) is 0 Å². The van der Waals surface area contributed by atoms with Gasteiger partial charge in [-0.05, 0) is 66.9 Å². The Morgan fingerprint density at radius 2 is 1.65 bits per heavy atom. The first-order chi connectivity index (χ1) is 16.2. The second-order valence-electron chi connectivity index (χ2n) is 8.21. The number of hydrogen-bond donors (Lipinski definition) is 3. The lowest BCUT2D eigenvalue weighted by Gasteiger charge is -2.15. The molecule has 34 heavy (non-hydrogen) atoms. The van der Waals surface area contributed by atoms with Crippen molar-refractivity contribution in [2.45, 2.75) is 32.5 Å². The lowest BCUT2D eigenvalue weighted by molar-refractivity contribution is 0.0996. The fourth-order valence-corrected chi connectivity index (χ4v) is 3.91. The molecule has 1 amide bonds. The van der Waals surface area contributed by atoms with Crippen molar-refractivity contribution in [1.82, 2.24) is 15.5 Å². The zero-order valence-electron chi connectivity index (χ0n) is 19.4. The average Bonchev–Trinajstić information content (AvgIpc) is 3.55. The van der Waals surface area contributed by atoms with E-state index in [1.165, 1.54) is 43.3 Å². The molecule has 3 N–H and O–H groups in total. The Labute approximate surface area is 218 Å². The highest BCUT2D eigenvalue weighted by molar-refractivity contribution is 14.0. The zero-order chi connectivity index (χ0) is 22.9. The highest BCUT2D eigenvalue weighted by Crippen LogP contribution is 2.14. The molecule has 4 rings (SSSR count). The number of benzene rings is 2. The molecule has 180 valence electrons. The standard InChI is InChI=1S/C26H31N5O2.HI/c1-27-26(28-17-20-9-11-21(12-10-20)19-31-13-2-3-14-31)29-18-22-6-4-7-23(16-22)30-25(32)24-8-5-15-33-24;/h4-12,15-16H,2-3,13-14,17-19H2,1H3,(H,30,32)(H2,27,28,29);1H. The minimum absolute atomic E-state index is 0. The Kier molecular flexibility index (Phi) is 9.96. The van der Waals surface area contributed by atoms with Gasteiger partial charge in [-0.15, -0.1) is 24.0 Å². The Balaban J connectivity index is 0.00000324. The van der Waals surface area contributed by atoms with Crippen LogP contribution in [0, 0.1) is 0 Å². The highest BCUT2D eigenvalue weighted by atomic mass is 127. The van der Waals surface area contributed by atoms with E-state index in [0.717, 1.165) is 18.1 Å². The Morgan fingerprint density at radius 1 is 0.941 bits per heavy atom. The maximum atomic E-state index is 12.2. The van der Waals surface area contributed by atoms with E-state index in [2.05, 4.69) is 50.1 Å². The number of nitrogens with zero attached hydrogens (tertiary/aromatic N) is 2. The van der Waals surface area contributed by atoms with Crippen LogP contribution in [0.25, 0.3) is 0 Å². The molecule has 8 heteroatoms. The molecule has 1 fully saturated rings. The maximum Gasteiger partial charge on any atom is 0.291 e. The van der Waals surface area contributed by atoms with Gasteiger partial charge in [0.15, 0.2) is 11.7 Å². The first-order valence-corrected chi connectivity index (χ1v) is 11.4. The molecule has 0 bridgehead atoms. The number of nitrogens with one attached hydrogen (secondary N) is 3. The maximum absolute atomic E-state index is 12.2. The molecule has 0 radical (unpaired) electrons. The number of guanidine groups is 1. The molecule has 0 unspecified atom stereocenters. The van der Waals surface area contributed by atoms with E-state index < -0.39 is 0 Å². The topological polar surface area (TPSA) is 81.9 Å². The van der Waals surface area contributed by atoms with E-state index in [1.807, 2.05) is 24.3 Å². The van der Waals surface area contributed by atoms with Gasteiger partial charge < -0.3 is 20.4 Å². The third-order valence-electron chi connectivity index (χ3n) is 5.70. The molecular formula is C26H32IN5O2. The first kappa shape index (κ1) is 25.8. The number of likely N-dealkylation sites (tertiary alicyclic amines) is 1. The SMILES string of the molecule is CN=C(NCc1ccc(CN2CCCC2)cc1)NCc1cccc(NC(=O)c2ccco2)c1.I. The predicted molar refractivity (Wildman–Crippen MR) is 147 cm³/mol. The van der Waals surface area contributed by atoms with Crippen LogP contribution in [-0.4, -0.2) is 36.9 Å². The van der Waals surface area contributed by atoms with Gasteiger partial charge in [-0.25, -0.2) is 0 Å². The minimum Gasteiger partial charge on any atom is -0.459 e. The van der Waals surface area contributed by atoms with Gasteiger partial charge in [-0.3, -0.25) is 14.7 Å². The summed E-state index contributed by atoms with van der Waals surface area (Å²) in [5.41, 5.74) is 4.32. The van der Waals surface area contributed by atoms with Gasteiger partial charge in [0.25, 0.3) is 5.91 Å². The van der Waals surface area contributed by atoms with Gasteiger partial charge in [0.1, 0.15) is 0 Å². The summed E-state index contributed by atoms with van der Waals surface area (Å²) in [4.78, 5) is 19.0. The Bertz CT molecular complexity index is 1060. The summed E-state index contributed by atoms with van der Waals surface area (Å²) in [6.45, 7) is 4.74. The quantitative estimate of drug-likeness (QED) is 0.208. The van der Waals surface area contributed by atoms with Crippen molar-refractivity contribution in [1.29, 1.82) is 0 Å². The monoisotopic (exact) mass is 573 g/mol. The normalized spacial score (nSPS) is 13.9. The van der Waals surface area contributed by atoms with Gasteiger partial charge in [0.2, 0.25) is 0 Å². The number of carbonyl (C=O) groups is 1. The third-order valence-corrected chi connectivity index (χ3v) is 5.70. The number of rotatable bonds is 8. The molecule has 7 nitrogen and oxygen atoms in total. The molecule has 2 aromatic carbocycles. The van der Waals surface area contributed by atoms with Crippen LogP contribution in [0.3, 0.4) is 0 Å². The van der Waals surface area contributed by atoms with Gasteiger partial charge in [-0.1, -0.05) is 36.4 Å². The van der Waals surface area contributed by atoms with Crippen LogP contribution in [0.1, 0.15) is 40.1 Å². The molecule has 0 atom stereocenters. The first-order valence-electron chi connectivity index (χ1n) is 11.4. The third kappa shape index (κ3) is 7.59. The van der Waals surface area contributed by atoms with Crippen LogP contribution in [0.15, 0.2) is 76.3 Å². The van der Waals surface area contributed by atoms with Crippen LogP contribution in [-0.2, 0) is 19.6 Å². The Morgan fingerprint density at radius 3 is 2.32 bits per heavy atom. The zero-order valence-corrected chi connectivity index (χ0v) is 21.8. The molecule has 0 aliphatic carbocycles. The van der Waals surface area contributed by atoms with E-state index in [4.69, 9.17) is 4.42 Å². The van der Waals surface area contributed by atoms with Crippen molar-refractivity contribution >= 4 is 41.5 Å². The summed E-state index contributed by atoms with van der Waals surface area (Å²) in [6, 6.07) is 19.8. The highest BCUT2D eigenvalue weighted by Gasteiger charge is 2.11. The second kappa shape index (κ2) is 13.1. The van der Waals surface area contributed by atoms with Gasteiger partial charge in [0.05, 0.1) is 6.26 Å². The Hall–Kier alpha value is -2.85. The molecule has 0 spiro atoms. The lowest BCUT2D eigenvalue weighted by Crippen LogP contribution is -2.36. The van der Waals surface area contributed by atoms with Crippen LogP contribution < -0.4 is 16.0 Å². The summed E-state index contributed by atoms with van der Waals surface area (Å²) in [5.74, 6) is 0.738. The fraction of sp³-hybridized carbons (Fsp3) is 0.308. The molecule has 1 aromatic heterocycles. The number of aliphatic imine (C=N–C) groups is 1. The van der Waals surface area contributed by atoms with Crippen molar-refractivity contribution in [3.05, 3.63) is 89.4 Å². The van der Waals surface area contributed by atoms with Crippen molar-refractivity contribution in [3.63, 3.8) is 0 Å². The molecule has 2 heterocycles. The average molecular weight is 573 g/mol. The van der Waals surface area contributed by atoms with Crippen molar-refractivity contribution < 1.29 is 9.21 Å². The number of halogens is 1. The predicted octanol–water partition coefficient (Wildman–Crippen LogP) is 4.61. The van der Waals surface area contributed by atoms with E-state index in [1.54, 1.807) is 19.2 Å². The minimum atomic E-state index is -0.269. The molecule has 0 saturated carbocycles. The number of furan rings is 1. The van der Waals surface area contributed by atoms with Gasteiger partial charge >= 0.3 is 0 Å². The van der Waals surface area contributed by atoms with Crippen molar-refractivity contribution in [2.24, 2.45) is 4.99 Å². The molecular weight excluding hydrogens is 541 g/mol. The smallest absolute Gasteiger partial charge is 0.291 e. The van der Waals surface area contributed by atoms with Crippen LogP contribution >= 0.6 is 24.0 Å². The van der Waals surface area contributed by atoms with E-state index in [0.29, 0.717) is 18.8 Å². The van der Waals surface area contributed by atoms with Crippen LogP contribution in [0.5, 0.6) is 0 Å². The molecule has 1 aliphatic heterocycles. The van der Waals surface area contributed by atoms with E-state index in [-0.39, 0.29) is 35.6 Å². The van der Waals surface area contributed by atoms with E-state index >= 15 is 0 Å². The summed E-state index contributed by atoms with van der Waals surface area (Å²) in [5, 5.41) is 9.54. The van der Waals surface area contributed by atoms with Gasteiger partial charge in [-0.2, -0.15) is 0 Å². The number of carbonyl (C=O) groups excluding carboxylic acids is 1. The summed E-state index contributed by atoms with van der Waals surface area (Å²) in [7, 11) is 1.76. The number of amides is 1. The van der Waals surface area contributed by atoms with Crippen molar-refractivity contribution in [3.8, 4) is 0 Å². The molecule has 1 saturated heterocycles. The summed E-state index contributed by atoms with van der Waals surface area (Å²) < 4.78 is 5.14. The van der Waals surface area contributed by atoms with E-state index in [9.17, 15) is 4.79 Å². The van der Waals surface area contributed by atoms with Crippen molar-refractivity contribution in [2.75, 3.05) is 25.5 Å². The summed E-state index contributed by atoms with van der Waals surface area (Å²) >= 11 is 0. The number of hydrogen-bond acceptors (Lipinski definition) is 4. The molecule has 3 aromatic rings. The van der Waals surface area contributed by atoms with Gasteiger partial charge in [0, 0.05) is 32.4 Å². The lowest BCUT2D eigenvalue weighted by atomic mass is 10.1. The number of anilines is 1. The fourth-order valence-electron chi connectivity index (χ4n) is 3.91. The second-order valence-corrected chi connectivity index (χ2v) is 8.21. The molecule has 1 aliphatic rings. The van der Waals surface area contributed by atoms with Crippen LogP contribution in [0.4, 0.5) is 5.69 Å².